The fraction of sp³-hybridized carbons (Fsp3) is 0.788. The van der Waals surface area contributed by atoms with Gasteiger partial charge >= 0.3 is 5.97 Å². The molecule has 3 fully saturated rings. The van der Waals surface area contributed by atoms with Gasteiger partial charge in [0.1, 0.15) is 37.1 Å². The van der Waals surface area contributed by atoms with Gasteiger partial charge in [0.2, 0.25) is 5.75 Å². The largest absolute Gasteiger partial charge is 0.502 e. The molecule has 1 aromatic rings. The smallest absolute Gasteiger partial charge is 0.338 e. The lowest BCUT2D eigenvalue weighted by molar-refractivity contribution is -0.254. The predicted molar refractivity (Wildman–Crippen MR) is 168 cm³/mol. The average Bonchev–Trinajstić information content (AvgIpc) is 3.33. The summed E-state index contributed by atoms with van der Waals surface area (Å²) in [5, 5.41) is 96.1. The van der Waals surface area contributed by atoms with Crippen molar-refractivity contribution in [3.8, 4) is 17.2 Å². The summed E-state index contributed by atoms with van der Waals surface area (Å²) in [6.07, 6.45) is -10.9. The van der Waals surface area contributed by atoms with Crippen LogP contribution in [0.5, 0.6) is 17.2 Å². The molecule has 2 heterocycles. The van der Waals surface area contributed by atoms with E-state index >= 15 is 0 Å². The van der Waals surface area contributed by atoms with Crippen LogP contribution in [0.15, 0.2) is 12.1 Å². The van der Waals surface area contributed by atoms with Gasteiger partial charge in [0.15, 0.2) is 23.4 Å². The third kappa shape index (κ3) is 8.25. The monoisotopic (exact) mass is 704 g/mol. The Kier molecular flexibility index (Phi) is 12.5. The van der Waals surface area contributed by atoms with E-state index in [2.05, 4.69) is 0 Å². The molecule has 0 radical (unpaired) electrons. The maximum atomic E-state index is 12.7. The first kappa shape index (κ1) is 39.4. The van der Waals surface area contributed by atoms with Crippen molar-refractivity contribution in [3.05, 3.63) is 17.7 Å². The van der Waals surface area contributed by atoms with Crippen LogP contribution in [-0.4, -0.2) is 152 Å². The number of carbonyl (C=O) groups excluding carboxylic acids is 1. The van der Waals surface area contributed by atoms with Gasteiger partial charge in [-0.25, -0.2) is 4.79 Å². The van der Waals surface area contributed by atoms with Gasteiger partial charge in [-0.15, -0.1) is 0 Å². The van der Waals surface area contributed by atoms with E-state index < -0.39 is 97.5 Å². The zero-order chi connectivity index (χ0) is 36.5. The zero-order valence-corrected chi connectivity index (χ0v) is 28.5. The molecule has 0 aromatic heterocycles. The molecule has 0 amide bonds. The standard InChI is InChI=1S/C33H52O16/c1-16-8-19(35)12-31(2,3)33(16,43)7-6-18(34)11-22-25(37)27(39)26(38)23(49-22)13-46-30-28(40)32(42,15-48-30)14-47-29(41)17-9-20(44-4)24(36)21(10-17)45-5/h9-10,16,18-19,22-23,25-28,30,34-40,42-43H,6-8,11-15H2,1-5H3/t16-,18+,19+,22+,23-,25+,26-,27-,28+,30-,32-,33-/m1/s1. The molecule has 16 nitrogen and oxygen atoms in total. The molecule has 9 N–H and O–H groups in total. The number of methoxy groups -OCH3 is 2. The molecule has 1 aromatic carbocycles. The molecule has 1 aliphatic carbocycles. The Labute approximate surface area is 284 Å². The highest BCUT2D eigenvalue weighted by Gasteiger charge is 2.53. The van der Waals surface area contributed by atoms with Crippen LogP contribution >= 0.6 is 0 Å². The van der Waals surface area contributed by atoms with Crippen LogP contribution < -0.4 is 9.47 Å². The molecule has 16 heteroatoms. The molecule has 1 saturated carbocycles. The van der Waals surface area contributed by atoms with Gasteiger partial charge < -0.3 is 74.4 Å². The summed E-state index contributed by atoms with van der Waals surface area (Å²) >= 11 is 0. The van der Waals surface area contributed by atoms with E-state index in [0.717, 1.165) is 0 Å². The minimum Gasteiger partial charge on any atom is -0.502 e. The molecular formula is C33H52O16. The number of ether oxygens (including phenoxy) is 6. The second kappa shape index (κ2) is 15.5. The normalized spacial score (nSPS) is 38.2. The summed E-state index contributed by atoms with van der Waals surface area (Å²) in [6.45, 7) is 3.94. The summed E-state index contributed by atoms with van der Waals surface area (Å²) in [5.74, 6) is -1.58. The summed E-state index contributed by atoms with van der Waals surface area (Å²) in [6, 6.07) is 2.41. The lowest BCUT2D eigenvalue weighted by atomic mass is 9.58. The quantitative estimate of drug-likeness (QED) is 0.111. The van der Waals surface area contributed by atoms with Crippen LogP contribution in [0.2, 0.25) is 0 Å². The zero-order valence-electron chi connectivity index (χ0n) is 28.5. The number of esters is 1. The van der Waals surface area contributed by atoms with E-state index in [9.17, 15) is 50.8 Å². The minimum absolute atomic E-state index is 0.0533. The summed E-state index contributed by atoms with van der Waals surface area (Å²) in [4.78, 5) is 12.7. The fourth-order valence-electron chi connectivity index (χ4n) is 7.23. The number of carbonyl (C=O) groups is 1. The third-order valence-corrected chi connectivity index (χ3v) is 10.4. The topological polar surface area (TPSA) is 255 Å². The predicted octanol–water partition coefficient (Wildman–Crippen LogP) is -1.04. The number of benzene rings is 1. The van der Waals surface area contributed by atoms with Crippen LogP contribution in [0.4, 0.5) is 0 Å². The highest BCUT2D eigenvalue weighted by Crippen LogP contribution is 2.50. The summed E-state index contributed by atoms with van der Waals surface area (Å²) in [7, 11) is 2.56. The summed E-state index contributed by atoms with van der Waals surface area (Å²) < 4.78 is 32.0. The second-order valence-corrected chi connectivity index (χ2v) is 14.3. The summed E-state index contributed by atoms with van der Waals surface area (Å²) in [5.41, 5.74) is -3.92. The van der Waals surface area contributed by atoms with Crippen molar-refractivity contribution < 1.29 is 79.2 Å². The number of aliphatic hydroxyl groups is 8. The van der Waals surface area contributed by atoms with Crippen molar-refractivity contribution in [2.75, 3.05) is 34.0 Å². The first-order valence-corrected chi connectivity index (χ1v) is 16.4. The number of aliphatic hydroxyl groups excluding tert-OH is 6. The Hall–Kier alpha value is -2.35. The molecule has 3 aliphatic rings. The van der Waals surface area contributed by atoms with Crippen LogP contribution in [0, 0.1) is 11.3 Å². The molecule has 12 atom stereocenters. The third-order valence-electron chi connectivity index (χ3n) is 10.4. The van der Waals surface area contributed by atoms with Crippen molar-refractivity contribution in [3.63, 3.8) is 0 Å². The van der Waals surface area contributed by atoms with Crippen LogP contribution in [-0.2, 0) is 18.9 Å². The maximum absolute atomic E-state index is 12.7. The van der Waals surface area contributed by atoms with E-state index in [4.69, 9.17) is 28.4 Å². The van der Waals surface area contributed by atoms with E-state index in [0.29, 0.717) is 12.8 Å². The molecule has 49 heavy (non-hydrogen) atoms. The van der Waals surface area contributed by atoms with E-state index in [1.807, 2.05) is 20.8 Å². The van der Waals surface area contributed by atoms with E-state index in [-0.39, 0.29) is 48.0 Å². The van der Waals surface area contributed by atoms with Gasteiger partial charge in [0.25, 0.3) is 0 Å². The molecule has 0 spiro atoms. The van der Waals surface area contributed by atoms with Gasteiger partial charge in [-0.1, -0.05) is 20.8 Å². The molecule has 4 rings (SSSR count). The molecule has 0 unspecified atom stereocenters. The Morgan fingerprint density at radius 1 is 1.00 bits per heavy atom. The average molecular weight is 705 g/mol. The SMILES string of the molecule is COc1cc(C(=O)OC[C@@]2(O)CO[C@@H](OC[C@H]3O[C@@H](C[C@@H](O)CC[C@@]4(O)[C@H](C)C[C@H](O)CC4(C)C)[C@H](O)[C@@H](O)[C@@H]3O)[C@@H]2O)cc(OC)c1O. The first-order chi connectivity index (χ1) is 22.9. The van der Waals surface area contributed by atoms with Gasteiger partial charge in [-0.2, -0.15) is 0 Å². The Morgan fingerprint density at radius 2 is 1.61 bits per heavy atom. The van der Waals surface area contributed by atoms with Gasteiger partial charge in [-0.05, 0) is 49.1 Å². The van der Waals surface area contributed by atoms with Crippen molar-refractivity contribution in [1.82, 2.24) is 0 Å². The van der Waals surface area contributed by atoms with Crippen LogP contribution in [0.25, 0.3) is 0 Å². The maximum Gasteiger partial charge on any atom is 0.338 e. The van der Waals surface area contributed by atoms with Crippen molar-refractivity contribution in [2.45, 2.75) is 119 Å². The number of phenolic OH excluding ortho intramolecular Hbond substituents is 1. The lowest BCUT2D eigenvalue weighted by Gasteiger charge is -2.52. The number of hydrogen-bond acceptors (Lipinski definition) is 16. The molecule has 280 valence electrons. The van der Waals surface area contributed by atoms with E-state index in [1.165, 1.54) is 26.4 Å². The molecule has 2 aliphatic heterocycles. The van der Waals surface area contributed by atoms with Crippen LogP contribution in [0.3, 0.4) is 0 Å². The van der Waals surface area contributed by atoms with E-state index in [1.54, 1.807) is 0 Å². The van der Waals surface area contributed by atoms with Crippen LogP contribution in [0.1, 0.15) is 63.2 Å². The number of hydrogen-bond donors (Lipinski definition) is 9. The second-order valence-electron chi connectivity index (χ2n) is 14.3. The Bertz CT molecular complexity index is 1250. The van der Waals surface area contributed by atoms with Crippen molar-refractivity contribution >= 4 is 5.97 Å². The Balaban J connectivity index is 1.30. The fourth-order valence-corrected chi connectivity index (χ4v) is 7.23. The minimum atomic E-state index is -2.09. The van der Waals surface area contributed by atoms with Gasteiger partial charge in [0, 0.05) is 6.42 Å². The van der Waals surface area contributed by atoms with Gasteiger partial charge in [-0.3, -0.25) is 0 Å². The van der Waals surface area contributed by atoms with Crippen molar-refractivity contribution in [1.29, 1.82) is 0 Å². The Morgan fingerprint density at radius 3 is 2.20 bits per heavy atom. The first-order valence-electron chi connectivity index (χ1n) is 16.4. The molecule has 0 bridgehead atoms. The van der Waals surface area contributed by atoms with Gasteiger partial charge in [0.05, 0.1) is 56.9 Å². The van der Waals surface area contributed by atoms with Crippen molar-refractivity contribution in [2.24, 2.45) is 11.3 Å². The lowest BCUT2D eigenvalue weighted by Crippen LogP contribution is -2.59. The highest BCUT2D eigenvalue weighted by molar-refractivity contribution is 5.91. The number of aromatic hydroxyl groups is 1. The number of phenols is 1. The molecular weight excluding hydrogens is 652 g/mol. The molecule has 2 saturated heterocycles. The highest BCUT2D eigenvalue weighted by atomic mass is 16.7. The number of rotatable bonds is 13.